The molecule has 0 radical (unpaired) electrons. The molecule has 0 aliphatic rings. The summed E-state index contributed by atoms with van der Waals surface area (Å²) >= 11 is 0. The summed E-state index contributed by atoms with van der Waals surface area (Å²) < 4.78 is 51.3. The van der Waals surface area contributed by atoms with E-state index in [1.165, 1.54) is 4.57 Å². The largest absolute Gasteiger partial charge is 0.490 e. The van der Waals surface area contributed by atoms with E-state index in [1.807, 2.05) is 20.2 Å². The number of hydrogen-bond acceptors (Lipinski definition) is 6. The third-order valence-electron chi connectivity index (χ3n) is 5.17. The lowest BCUT2D eigenvalue weighted by atomic mass is 10.1. The number of aromatic nitrogens is 3. The van der Waals surface area contributed by atoms with Gasteiger partial charge in [0.15, 0.2) is 17.2 Å². The molecule has 4 rings (SSSR count). The summed E-state index contributed by atoms with van der Waals surface area (Å²) in [4.78, 5) is 23.1. The minimum Gasteiger partial charge on any atom is -0.490 e. The maximum Gasteiger partial charge on any atom is 0.420 e. The zero-order valence-electron chi connectivity index (χ0n) is 18.7. The summed E-state index contributed by atoms with van der Waals surface area (Å²) in [6.45, 7) is 1.51. The zero-order valence-corrected chi connectivity index (χ0v) is 18.7. The molecule has 0 bridgehead atoms. The fourth-order valence-electron chi connectivity index (χ4n) is 3.49. The molecule has 0 atom stereocenters. The topological polar surface area (TPSA) is 73.4 Å². The number of ether oxygens (including phenoxy) is 1. The van der Waals surface area contributed by atoms with Crippen molar-refractivity contribution in [1.29, 1.82) is 0 Å². The van der Waals surface area contributed by atoms with Gasteiger partial charge in [0.1, 0.15) is 0 Å². The first kappa shape index (κ1) is 23.5. The van der Waals surface area contributed by atoms with Crippen molar-refractivity contribution in [3.8, 4) is 17.1 Å². The number of benzene rings is 2. The molecule has 2 aromatic carbocycles. The zero-order chi connectivity index (χ0) is 24.3. The Morgan fingerprint density at radius 3 is 2.56 bits per heavy atom. The number of halogens is 3. The molecule has 0 aliphatic heterocycles. The van der Waals surface area contributed by atoms with Gasteiger partial charge < -0.3 is 14.1 Å². The van der Waals surface area contributed by atoms with E-state index in [0.29, 0.717) is 29.3 Å². The Bertz CT molecular complexity index is 1330. The SMILES string of the molecule is CN(C)CCCOc1cnc(-c2cccc(Cn3c(=O)oc4ccc(C(F)(F)F)cc43)c2)nc1. The highest BCUT2D eigenvalue weighted by Crippen LogP contribution is 2.31. The number of nitrogens with zero attached hydrogens (tertiary/aromatic N) is 4. The first-order valence-corrected chi connectivity index (χ1v) is 10.6. The van der Waals surface area contributed by atoms with E-state index in [2.05, 4.69) is 14.9 Å². The Labute approximate surface area is 193 Å². The maximum absolute atomic E-state index is 13.1. The Kier molecular flexibility index (Phi) is 6.69. The minimum atomic E-state index is -4.52. The average molecular weight is 472 g/mol. The number of oxazole rings is 1. The van der Waals surface area contributed by atoms with Crippen LogP contribution in [0.15, 0.2) is 64.1 Å². The molecule has 2 aromatic heterocycles. The predicted molar refractivity (Wildman–Crippen MR) is 121 cm³/mol. The van der Waals surface area contributed by atoms with Gasteiger partial charge in [0.05, 0.1) is 36.6 Å². The van der Waals surface area contributed by atoms with Gasteiger partial charge in [-0.25, -0.2) is 14.8 Å². The van der Waals surface area contributed by atoms with Crippen molar-refractivity contribution in [2.45, 2.75) is 19.1 Å². The molecule has 0 saturated heterocycles. The number of alkyl halides is 3. The van der Waals surface area contributed by atoms with Gasteiger partial charge in [-0.15, -0.1) is 0 Å². The van der Waals surface area contributed by atoms with Crippen LogP contribution in [0.3, 0.4) is 0 Å². The summed E-state index contributed by atoms with van der Waals surface area (Å²) in [5.74, 6) is 0.300. The molecule has 0 aliphatic carbocycles. The van der Waals surface area contributed by atoms with Crippen LogP contribution in [0.4, 0.5) is 13.2 Å². The fraction of sp³-hybridized carbons (Fsp3) is 0.292. The second kappa shape index (κ2) is 9.68. The Hall–Kier alpha value is -3.66. The number of fused-ring (bicyclic) bond motifs is 1. The van der Waals surface area contributed by atoms with Crippen molar-refractivity contribution in [3.63, 3.8) is 0 Å². The highest BCUT2D eigenvalue weighted by molar-refractivity contribution is 5.74. The Morgan fingerprint density at radius 1 is 1.09 bits per heavy atom. The van der Waals surface area contributed by atoms with E-state index in [-0.39, 0.29) is 17.6 Å². The highest BCUT2D eigenvalue weighted by atomic mass is 19.4. The molecule has 178 valence electrons. The monoisotopic (exact) mass is 472 g/mol. The van der Waals surface area contributed by atoms with Gasteiger partial charge in [0.2, 0.25) is 0 Å². The Balaban J connectivity index is 1.53. The number of hydrogen-bond donors (Lipinski definition) is 0. The molecular formula is C24H23F3N4O3. The van der Waals surface area contributed by atoms with Gasteiger partial charge in [0, 0.05) is 12.1 Å². The molecule has 2 heterocycles. The normalized spacial score (nSPS) is 11.9. The molecule has 4 aromatic rings. The van der Waals surface area contributed by atoms with Crippen molar-refractivity contribution < 1.29 is 22.3 Å². The van der Waals surface area contributed by atoms with Gasteiger partial charge >= 0.3 is 11.9 Å². The van der Waals surface area contributed by atoms with E-state index in [1.54, 1.807) is 30.6 Å². The van der Waals surface area contributed by atoms with Gasteiger partial charge in [-0.1, -0.05) is 18.2 Å². The lowest BCUT2D eigenvalue weighted by Gasteiger charge is -2.10. The maximum atomic E-state index is 13.1. The van der Waals surface area contributed by atoms with Crippen LogP contribution in [0.25, 0.3) is 22.5 Å². The van der Waals surface area contributed by atoms with Crippen LogP contribution in [0.1, 0.15) is 17.5 Å². The van der Waals surface area contributed by atoms with Crippen LogP contribution < -0.4 is 10.5 Å². The van der Waals surface area contributed by atoms with Crippen molar-refractivity contribution in [2.75, 3.05) is 27.2 Å². The van der Waals surface area contributed by atoms with Crippen LogP contribution >= 0.6 is 0 Å². The summed E-state index contributed by atoms with van der Waals surface area (Å²) in [6, 6.07) is 10.1. The summed E-state index contributed by atoms with van der Waals surface area (Å²) in [7, 11) is 3.99. The van der Waals surface area contributed by atoms with Crippen LogP contribution in [0.5, 0.6) is 5.75 Å². The Morgan fingerprint density at radius 2 is 1.85 bits per heavy atom. The predicted octanol–water partition coefficient (Wildman–Crippen LogP) is 4.45. The van der Waals surface area contributed by atoms with Gasteiger partial charge in [-0.05, 0) is 50.3 Å². The minimum absolute atomic E-state index is 0.0358. The number of rotatable bonds is 8. The van der Waals surface area contributed by atoms with Gasteiger partial charge in [0.25, 0.3) is 0 Å². The highest BCUT2D eigenvalue weighted by Gasteiger charge is 2.31. The van der Waals surface area contributed by atoms with E-state index >= 15 is 0 Å². The smallest absolute Gasteiger partial charge is 0.420 e. The molecule has 0 saturated carbocycles. The second-order valence-corrected chi connectivity index (χ2v) is 8.08. The second-order valence-electron chi connectivity index (χ2n) is 8.08. The first-order chi connectivity index (χ1) is 16.2. The van der Waals surface area contributed by atoms with Crippen molar-refractivity contribution in [1.82, 2.24) is 19.4 Å². The molecule has 7 nitrogen and oxygen atoms in total. The third kappa shape index (κ3) is 5.45. The molecule has 0 spiro atoms. The lowest BCUT2D eigenvalue weighted by molar-refractivity contribution is -0.137. The van der Waals surface area contributed by atoms with Crippen LogP contribution in [-0.2, 0) is 12.7 Å². The average Bonchev–Trinajstić information content (AvgIpc) is 3.11. The van der Waals surface area contributed by atoms with Crippen molar-refractivity contribution in [3.05, 3.63) is 76.5 Å². The van der Waals surface area contributed by atoms with E-state index in [0.717, 1.165) is 31.2 Å². The summed E-state index contributed by atoms with van der Waals surface area (Å²) in [5, 5.41) is 0. The molecule has 0 unspecified atom stereocenters. The van der Waals surface area contributed by atoms with E-state index in [4.69, 9.17) is 9.15 Å². The lowest BCUT2D eigenvalue weighted by Crippen LogP contribution is -2.15. The van der Waals surface area contributed by atoms with Crippen molar-refractivity contribution in [2.24, 2.45) is 0 Å². The van der Waals surface area contributed by atoms with Crippen LogP contribution in [0.2, 0.25) is 0 Å². The first-order valence-electron chi connectivity index (χ1n) is 10.6. The summed E-state index contributed by atoms with van der Waals surface area (Å²) in [5.41, 5.74) is 0.720. The van der Waals surface area contributed by atoms with Crippen molar-refractivity contribution >= 4 is 11.1 Å². The molecule has 34 heavy (non-hydrogen) atoms. The molecular weight excluding hydrogens is 449 g/mol. The standard InChI is InChI=1S/C24H23F3N4O3/c1-30(2)9-4-10-33-19-13-28-22(29-14-19)17-6-3-5-16(11-17)15-31-20-12-18(24(25,26)27)7-8-21(20)34-23(31)32/h3,5-8,11-14H,4,9-10,15H2,1-2H3. The van der Waals surface area contributed by atoms with E-state index < -0.39 is 17.5 Å². The third-order valence-corrected chi connectivity index (χ3v) is 5.17. The quantitative estimate of drug-likeness (QED) is 0.353. The fourth-order valence-corrected chi connectivity index (χ4v) is 3.49. The van der Waals surface area contributed by atoms with Crippen LogP contribution in [0, 0.1) is 0 Å². The molecule has 0 fully saturated rings. The molecule has 0 N–H and O–H groups in total. The molecule has 0 amide bonds. The van der Waals surface area contributed by atoms with E-state index in [9.17, 15) is 18.0 Å². The van der Waals surface area contributed by atoms with Gasteiger partial charge in [-0.3, -0.25) is 4.57 Å². The van der Waals surface area contributed by atoms with Crippen LogP contribution in [-0.4, -0.2) is 46.7 Å². The summed E-state index contributed by atoms with van der Waals surface area (Å²) in [6.07, 6.45) is -0.454. The molecule has 10 heteroatoms. The van der Waals surface area contributed by atoms with Gasteiger partial charge in [-0.2, -0.15) is 13.2 Å².